The Morgan fingerprint density at radius 2 is 2.33 bits per heavy atom. The van der Waals surface area contributed by atoms with Crippen molar-refractivity contribution in [3.63, 3.8) is 0 Å². The molecule has 0 aliphatic heterocycles. The van der Waals surface area contributed by atoms with Gasteiger partial charge in [-0.05, 0) is 26.0 Å². The van der Waals surface area contributed by atoms with E-state index in [1.54, 1.807) is 30.5 Å². The minimum absolute atomic E-state index is 0.181. The van der Waals surface area contributed by atoms with Crippen molar-refractivity contribution in [1.82, 2.24) is 4.98 Å². The summed E-state index contributed by atoms with van der Waals surface area (Å²) in [7, 11) is 0. The van der Waals surface area contributed by atoms with Gasteiger partial charge in [0.05, 0.1) is 12.3 Å². The molecule has 0 saturated heterocycles. The van der Waals surface area contributed by atoms with E-state index in [2.05, 4.69) is 15.5 Å². The smallest absolute Gasteiger partial charge is 0.357 e. The summed E-state index contributed by atoms with van der Waals surface area (Å²) in [6.07, 6.45) is 0. The Bertz CT molecular complexity index is 667. The fourth-order valence-corrected chi connectivity index (χ4v) is 2.17. The minimum Gasteiger partial charge on any atom is -0.508 e. The molecule has 1 aromatic carbocycles. The van der Waals surface area contributed by atoms with Crippen molar-refractivity contribution in [2.24, 2.45) is 5.10 Å². The fraction of sp³-hybridized carbons (Fsp3) is 0.214. The first-order valence-corrected chi connectivity index (χ1v) is 7.20. The maximum atomic E-state index is 11.5. The molecule has 0 amide bonds. The molecule has 0 fully saturated rings. The van der Waals surface area contributed by atoms with Crippen LogP contribution in [0.5, 0.6) is 5.75 Å². The lowest BCUT2D eigenvalue weighted by atomic mass is 10.1. The van der Waals surface area contributed by atoms with Crippen LogP contribution in [-0.4, -0.2) is 28.4 Å². The molecule has 21 heavy (non-hydrogen) atoms. The normalized spacial score (nSPS) is 11.2. The summed E-state index contributed by atoms with van der Waals surface area (Å²) in [6, 6.07) is 6.79. The number of anilines is 1. The van der Waals surface area contributed by atoms with Crippen molar-refractivity contribution in [3.8, 4) is 5.75 Å². The first-order valence-electron chi connectivity index (χ1n) is 6.32. The number of phenolic OH excluding ortho intramolecular Hbond substituents is 1. The van der Waals surface area contributed by atoms with Crippen molar-refractivity contribution in [1.29, 1.82) is 0 Å². The van der Waals surface area contributed by atoms with Crippen LogP contribution in [0.1, 0.15) is 29.9 Å². The Kier molecular flexibility index (Phi) is 4.89. The zero-order valence-corrected chi connectivity index (χ0v) is 12.5. The number of nitrogens with zero attached hydrogens (tertiary/aromatic N) is 2. The predicted octanol–water partition coefficient (Wildman–Crippen LogP) is 2.86. The van der Waals surface area contributed by atoms with Crippen molar-refractivity contribution in [3.05, 3.63) is 40.9 Å². The van der Waals surface area contributed by atoms with E-state index in [0.717, 1.165) is 5.56 Å². The molecule has 0 aliphatic carbocycles. The van der Waals surface area contributed by atoms with Gasteiger partial charge in [0.1, 0.15) is 5.75 Å². The molecular formula is C14H15N3O3S. The minimum atomic E-state index is -0.449. The maximum absolute atomic E-state index is 11.5. The predicted molar refractivity (Wildman–Crippen MR) is 82.0 cm³/mol. The highest BCUT2D eigenvalue weighted by atomic mass is 32.1. The molecule has 1 aromatic heterocycles. The van der Waals surface area contributed by atoms with E-state index in [0.29, 0.717) is 17.5 Å². The summed E-state index contributed by atoms with van der Waals surface area (Å²) in [5, 5.41) is 15.7. The Morgan fingerprint density at radius 1 is 1.52 bits per heavy atom. The second-order valence-electron chi connectivity index (χ2n) is 4.12. The number of carbonyl (C=O) groups excluding carboxylic acids is 1. The van der Waals surface area contributed by atoms with Gasteiger partial charge in [-0.2, -0.15) is 5.10 Å². The Morgan fingerprint density at radius 3 is 3.05 bits per heavy atom. The van der Waals surface area contributed by atoms with Gasteiger partial charge in [0, 0.05) is 10.9 Å². The van der Waals surface area contributed by atoms with Crippen LogP contribution in [0.2, 0.25) is 0 Å². The third-order valence-electron chi connectivity index (χ3n) is 2.57. The standard InChI is InChI=1S/C14H15N3O3S/c1-3-20-13(19)12-8-21-14(15-12)17-16-9(2)10-5-4-6-11(18)7-10/h4-8,18H,3H2,1-2H3,(H,15,17). The molecule has 2 N–H and O–H groups in total. The molecule has 2 rings (SSSR count). The molecular weight excluding hydrogens is 290 g/mol. The lowest BCUT2D eigenvalue weighted by Gasteiger charge is -2.01. The van der Waals surface area contributed by atoms with E-state index in [4.69, 9.17) is 4.74 Å². The van der Waals surface area contributed by atoms with Crippen LogP contribution in [0, 0.1) is 0 Å². The van der Waals surface area contributed by atoms with E-state index in [1.807, 2.05) is 13.0 Å². The summed E-state index contributed by atoms with van der Waals surface area (Å²) in [5.74, 6) is -0.267. The average molecular weight is 305 g/mol. The summed E-state index contributed by atoms with van der Waals surface area (Å²) < 4.78 is 4.86. The van der Waals surface area contributed by atoms with Crippen LogP contribution >= 0.6 is 11.3 Å². The summed E-state index contributed by atoms with van der Waals surface area (Å²) in [5.41, 5.74) is 4.53. The topological polar surface area (TPSA) is 83.8 Å². The second-order valence-corrected chi connectivity index (χ2v) is 4.98. The second kappa shape index (κ2) is 6.85. The number of phenols is 1. The lowest BCUT2D eigenvalue weighted by Crippen LogP contribution is -2.05. The average Bonchev–Trinajstić information content (AvgIpc) is 2.94. The van der Waals surface area contributed by atoms with Crippen LogP contribution < -0.4 is 5.43 Å². The highest BCUT2D eigenvalue weighted by Gasteiger charge is 2.11. The van der Waals surface area contributed by atoms with Crippen LogP contribution in [0.15, 0.2) is 34.7 Å². The largest absolute Gasteiger partial charge is 0.508 e. The number of benzene rings is 1. The Hall–Kier alpha value is -2.41. The van der Waals surface area contributed by atoms with Gasteiger partial charge < -0.3 is 9.84 Å². The SMILES string of the molecule is CCOC(=O)c1csc(NN=C(C)c2cccc(O)c2)n1. The van der Waals surface area contributed by atoms with Crippen molar-refractivity contribution < 1.29 is 14.6 Å². The zero-order chi connectivity index (χ0) is 15.2. The van der Waals surface area contributed by atoms with Crippen molar-refractivity contribution in [2.75, 3.05) is 12.0 Å². The van der Waals surface area contributed by atoms with Gasteiger partial charge in [0.25, 0.3) is 0 Å². The maximum Gasteiger partial charge on any atom is 0.357 e. The monoisotopic (exact) mass is 305 g/mol. The van der Waals surface area contributed by atoms with E-state index < -0.39 is 5.97 Å². The summed E-state index contributed by atoms with van der Waals surface area (Å²) in [4.78, 5) is 15.6. The molecule has 7 heteroatoms. The zero-order valence-electron chi connectivity index (χ0n) is 11.7. The molecule has 0 atom stereocenters. The van der Waals surface area contributed by atoms with E-state index >= 15 is 0 Å². The number of hydrogen-bond acceptors (Lipinski definition) is 7. The number of hydrogen-bond donors (Lipinski definition) is 2. The number of thiazole rings is 1. The molecule has 0 unspecified atom stereocenters. The third-order valence-corrected chi connectivity index (χ3v) is 3.32. The van der Waals surface area contributed by atoms with Crippen LogP contribution in [-0.2, 0) is 4.74 Å². The molecule has 6 nitrogen and oxygen atoms in total. The number of carbonyl (C=O) groups is 1. The highest BCUT2D eigenvalue weighted by molar-refractivity contribution is 7.13. The fourth-order valence-electron chi connectivity index (χ4n) is 1.55. The molecule has 1 heterocycles. The van der Waals surface area contributed by atoms with Gasteiger partial charge in [0.2, 0.25) is 5.13 Å². The summed E-state index contributed by atoms with van der Waals surface area (Å²) in [6.45, 7) is 3.86. The van der Waals surface area contributed by atoms with Gasteiger partial charge in [0.15, 0.2) is 5.69 Å². The molecule has 0 bridgehead atoms. The molecule has 0 saturated carbocycles. The quantitative estimate of drug-likeness (QED) is 0.504. The number of rotatable bonds is 5. The molecule has 0 radical (unpaired) electrons. The van der Waals surface area contributed by atoms with E-state index in [-0.39, 0.29) is 11.4 Å². The van der Waals surface area contributed by atoms with Crippen molar-refractivity contribution >= 4 is 28.1 Å². The van der Waals surface area contributed by atoms with Gasteiger partial charge >= 0.3 is 5.97 Å². The summed E-state index contributed by atoms with van der Waals surface area (Å²) >= 11 is 1.26. The number of aromatic nitrogens is 1. The number of hydrazone groups is 1. The van der Waals surface area contributed by atoms with Gasteiger partial charge in [-0.25, -0.2) is 9.78 Å². The molecule has 110 valence electrons. The number of esters is 1. The number of nitrogens with one attached hydrogen (secondary N) is 1. The molecule has 0 spiro atoms. The van der Waals surface area contributed by atoms with Crippen LogP contribution in [0.3, 0.4) is 0 Å². The first-order chi connectivity index (χ1) is 10.1. The van der Waals surface area contributed by atoms with Gasteiger partial charge in [-0.1, -0.05) is 12.1 Å². The van der Waals surface area contributed by atoms with Gasteiger partial charge in [-0.3, -0.25) is 5.43 Å². The number of aromatic hydroxyl groups is 1. The number of ether oxygens (including phenoxy) is 1. The highest BCUT2D eigenvalue weighted by Crippen LogP contribution is 2.17. The van der Waals surface area contributed by atoms with E-state index in [9.17, 15) is 9.90 Å². The first kappa shape index (κ1) is 15.0. The molecule has 2 aromatic rings. The Balaban J connectivity index is 2.05. The van der Waals surface area contributed by atoms with E-state index in [1.165, 1.54) is 11.3 Å². The Labute approximate surface area is 126 Å². The lowest BCUT2D eigenvalue weighted by molar-refractivity contribution is 0.0520. The third kappa shape index (κ3) is 4.03. The molecule has 0 aliphatic rings. The van der Waals surface area contributed by atoms with Crippen molar-refractivity contribution in [2.45, 2.75) is 13.8 Å². The van der Waals surface area contributed by atoms with Gasteiger partial charge in [-0.15, -0.1) is 11.3 Å². The van der Waals surface area contributed by atoms with Crippen LogP contribution in [0.4, 0.5) is 5.13 Å². The van der Waals surface area contributed by atoms with Crippen LogP contribution in [0.25, 0.3) is 0 Å².